The van der Waals surface area contributed by atoms with Crippen molar-refractivity contribution in [3.63, 3.8) is 0 Å². The predicted molar refractivity (Wildman–Crippen MR) is 96.9 cm³/mol. The van der Waals surface area contributed by atoms with Crippen molar-refractivity contribution in [1.82, 2.24) is 10.5 Å². The number of nitrogens with one attached hydrogen (secondary N) is 3. The van der Waals surface area contributed by atoms with Crippen LogP contribution in [0.1, 0.15) is 18.2 Å². The lowest BCUT2D eigenvalue weighted by Gasteiger charge is -2.09. The number of nitrogens with zero attached hydrogens (tertiary/aromatic N) is 1. The highest BCUT2D eigenvalue weighted by molar-refractivity contribution is 7.92. The fourth-order valence-electron chi connectivity index (χ4n) is 1.95. The third kappa shape index (κ3) is 5.45. The average molecular weight is 396 g/mol. The minimum Gasteiger partial charge on any atom is -0.465 e. The molecule has 0 radical (unpaired) electrons. The zero-order valence-corrected chi connectivity index (χ0v) is 15.8. The zero-order valence-electron chi connectivity index (χ0n) is 15.0. The number of benzene rings is 1. The Kier molecular flexibility index (Phi) is 6.40. The summed E-state index contributed by atoms with van der Waals surface area (Å²) in [5.74, 6) is -0.508. The molecule has 0 fully saturated rings. The molecule has 0 saturated heterocycles. The van der Waals surface area contributed by atoms with Crippen molar-refractivity contribution in [2.24, 2.45) is 0 Å². The molecule has 1 aromatic heterocycles. The fraction of sp³-hybridized carbons (Fsp3) is 0.312. The van der Waals surface area contributed by atoms with E-state index in [2.05, 4.69) is 25.2 Å². The molecule has 0 aliphatic carbocycles. The number of carbonyl (C=O) groups is 2. The normalized spacial score (nSPS) is 10.9. The van der Waals surface area contributed by atoms with Crippen molar-refractivity contribution in [2.45, 2.75) is 25.7 Å². The molecule has 3 N–H and O–H groups in total. The minimum absolute atomic E-state index is 0.0200. The van der Waals surface area contributed by atoms with Gasteiger partial charge in [0.1, 0.15) is 6.54 Å². The minimum atomic E-state index is -3.87. The van der Waals surface area contributed by atoms with Gasteiger partial charge >= 0.3 is 12.0 Å². The van der Waals surface area contributed by atoms with E-state index in [9.17, 15) is 18.0 Å². The maximum Gasteiger partial charge on any atom is 0.325 e. The third-order valence-electron chi connectivity index (χ3n) is 3.51. The van der Waals surface area contributed by atoms with Crippen molar-refractivity contribution >= 4 is 33.6 Å². The predicted octanol–water partition coefficient (Wildman–Crippen LogP) is 1.78. The number of urea groups is 1. The zero-order chi connectivity index (χ0) is 20.0. The Morgan fingerprint density at radius 3 is 2.41 bits per heavy atom. The molecule has 0 aliphatic rings. The van der Waals surface area contributed by atoms with Gasteiger partial charge < -0.3 is 19.9 Å². The van der Waals surface area contributed by atoms with Gasteiger partial charge in [0, 0.05) is 11.3 Å². The Morgan fingerprint density at radius 2 is 1.85 bits per heavy atom. The lowest BCUT2D eigenvalue weighted by molar-refractivity contribution is -0.141. The van der Waals surface area contributed by atoms with Crippen LogP contribution in [0.15, 0.2) is 33.7 Å². The second-order valence-electron chi connectivity index (χ2n) is 5.46. The summed E-state index contributed by atoms with van der Waals surface area (Å²) < 4.78 is 36.7. The first-order chi connectivity index (χ1) is 12.7. The molecule has 0 saturated carbocycles. The van der Waals surface area contributed by atoms with Crippen LogP contribution in [0.25, 0.3) is 0 Å². The second kappa shape index (κ2) is 8.54. The van der Waals surface area contributed by atoms with Gasteiger partial charge in [0.15, 0.2) is 0 Å². The Hall–Kier alpha value is -3.08. The van der Waals surface area contributed by atoms with Gasteiger partial charge in [0.2, 0.25) is 5.88 Å². The highest BCUT2D eigenvalue weighted by Crippen LogP contribution is 2.22. The highest BCUT2D eigenvalue weighted by Gasteiger charge is 2.19. The van der Waals surface area contributed by atoms with Gasteiger partial charge in [0.05, 0.1) is 17.2 Å². The van der Waals surface area contributed by atoms with E-state index in [-0.39, 0.29) is 23.9 Å². The first-order valence-corrected chi connectivity index (χ1v) is 9.47. The summed E-state index contributed by atoms with van der Waals surface area (Å²) in [7, 11) is -3.87. The number of ether oxygens (including phenoxy) is 1. The number of rotatable bonds is 7. The number of amides is 2. The van der Waals surface area contributed by atoms with E-state index in [1.165, 1.54) is 24.3 Å². The van der Waals surface area contributed by atoms with Gasteiger partial charge in [0.25, 0.3) is 10.0 Å². The first kappa shape index (κ1) is 20.2. The molecule has 2 aromatic rings. The van der Waals surface area contributed by atoms with E-state index in [1.54, 1.807) is 20.8 Å². The van der Waals surface area contributed by atoms with E-state index in [0.29, 0.717) is 16.9 Å². The lowest BCUT2D eigenvalue weighted by Crippen LogP contribution is -2.34. The van der Waals surface area contributed by atoms with Crippen molar-refractivity contribution in [2.75, 3.05) is 23.2 Å². The van der Waals surface area contributed by atoms with Crippen LogP contribution < -0.4 is 15.4 Å². The third-order valence-corrected chi connectivity index (χ3v) is 4.85. The van der Waals surface area contributed by atoms with Crippen LogP contribution in [0.2, 0.25) is 0 Å². The van der Waals surface area contributed by atoms with Gasteiger partial charge in [-0.25, -0.2) is 17.9 Å². The molecule has 11 heteroatoms. The Morgan fingerprint density at radius 1 is 1.19 bits per heavy atom. The molecule has 0 aliphatic heterocycles. The summed E-state index contributed by atoms with van der Waals surface area (Å²) in [5.41, 5.74) is 1.53. The van der Waals surface area contributed by atoms with E-state index in [0.717, 1.165) is 0 Å². The summed E-state index contributed by atoms with van der Waals surface area (Å²) in [6, 6.07) is 4.85. The monoisotopic (exact) mass is 396 g/mol. The number of esters is 1. The standard InChI is InChI=1S/C16H20N4O6S/c1-4-25-14(21)9-17-16(22)18-12-5-7-13(8-6-12)27(23,24)20-15-10(2)11(3)19-26-15/h5-8,20H,4,9H2,1-3H3,(H2,17,18,22). The lowest BCUT2D eigenvalue weighted by atomic mass is 10.3. The molecule has 10 nitrogen and oxygen atoms in total. The summed E-state index contributed by atoms with van der Waals surface area (Å²) in [6.07, 6.45) is 0. The van der Waals surface area contributed by atoms with Crippen LogP contribution in [-0.4, -0.2) is 38.7 Å². The van der Waals surface area contributed by atoms with Crippen molar-refractivity contribution in [3.05, 3.63) is 35.5 Å². The van der Waals surface area contributed by atoms with Gasteiger partial charge in [-0.3, -0.25) is 4.79 Å². The molecule has 0 bridgehead atoms. The van der Waals surface area contributed by atoms with Crippen molar-refractivity contribution in [3.8, 4) is 0 Å². The van der Waals surface area contributed by atoms with Crippen LogP contribution in [0.4, 0.5) is 16.4 Å². The number of sulfonamides is 1. The molecule has 27 heavy (non-hydrogen) atoms. The van der Waals surface area contributed by atoms with Gasteiger partial charge in [-0.05, 0) is 45.0 Å². The van der Waals surface area contributed by atoms with Gasteiger partial charge in [-0.15, -0.1) is 0 Å². The molecule has 2 amide bonds. The molecule has 146 valence electrons. The number of carbonyl (C=O) groups excluding carboxylic acids is 2. The van der Waals surface area contributed by atoms with Crippen molar-refractivity contribution in [1.29, 1.82) is 0 Å². The number of aryl methyl sites for hydroxylation is 1. The largest absolute Gasteiger partial charge is 0.465 e. The summed E-state index contributed by atoms with van der Waals surface area (Å²) in [4.78, 5) is 22.9. The number of anilines is 2. The van der Waals surface area contributed by atoms with E-state index >= 15 is 0 Å². The molecular formula is C16H20N4O6S. The first-order valence-electron chi connectivity index (χ1n) is 7.99. The number of hydrogen-bond donors (Lipinski definition) is 3. The van der Waals surface area contributed by atoms with Crippen LogP contribution in [0.5, 0.6) is 0 Å². The number of aromatic nitrogens is 1. The molecule has 0 spiro atoms. The fourth-order valence-corrected chi connectivity index (χ4v) is 3.00. The van der Waals surface area contributed by atoms with E-state index in [1.807, 2.05) is 0 Å². The molecule has 1 aromatic carbocycles. The van der Waals surface area contributed by atoms with Crippen LogP contribution in [0, 0.1) is 13.8 Å². The quantitative estimate of drug-likeness (QED) is 0.606. The van der Waals surface area contributed by atoms with E-state index < -0.39 is 22.0 Å². The Bertz CT molecular complexity index is 921. The Balaban J connectivity index is 1.98. The summed E-state index contributed by atoms with van der Waals surface area (Å²) in [6.45, 7) is 4.99. The molecular weight excluding hydrogens is 376 g/mol. The SMILES string of the molecule is CCOC(=O)CNC(=O)Nc1ccc(S(=O)(=O)Nc2onc(C)c2C)cc1. The molecule has 0 atom stereocenters. The summed E-state index contributed by atoms with van der Waals surface area (Å²) >= 11 is 0. The van der Waals surface area contributed by atoms with Crippen LogP contribution >= 0.6 is 0 Å². The van der Waals surface area contributed by atoms with Crippen LogP contribution in [0.3, 0.4) is 0 Å². The molecule has 0 unspecified atom stereocenters. The Labute approximate surface area is 156 Å². The molecule has 1 heterocycles. The maximum atomic E-state index is 12.4. The van der Waals surface area contributed by atoms with Crippen LogP contribution in [-0.2, 0) is 19.6 Å². The number of hydrogen-bond acceptors (Lipinski definition) is 7. The summed E-state index contributed by atoms with van der Waals surface area (Å²) in [5, 5.41) is 8.50. The smallest absolute Gasteiger partial charge is 0.325 e. The maximum absolute atomic E-state index is 12.4. The topological polar surface area (TPSA) is 140 Å². The molecule has 2 rings (SSSR count). The van der Waals surface area contributed by atoms with E-state index in [4.69, 9.17) is 4.52 Å². The average Bonchev–Trinajstić information content (AvgIpc) is 2.92. The van der Waals surface area contributed by atoms with Gasteiger partial charge in [-0.1, -0.05) is 5.16 Å². The second-order valence-corrected chi connectivity index (χ2v) is 7.15. The van der Waals surface area contributed by atoms with Gasteiger partial charge in [-0.2, -0.15) is 0 Å². The van der Waals surface area contributed by atoms with Crippen molar-refractivity contribution < 1.29 is 27.3 Å². The highest BCUT2D eigenvalue weighted by atomic mass is 32.2.